The van der Waals surface area contributed by atoms with E-state index in [2.05, 4.69) is 15.3 Å². The Hall–Kier alpha value is -4.04. The van der Waals surface area contributed by atoms with Gasteiger partial charge in [0.15, 0.2) is 0 Å². The van der Waals surface area contributed by atoms with E-state index in [0.29, 0.717) is 33.1 Å². The summed E-state index contributed by atoms with van der Waals surface area (Å²) in [5.41, 5.74) is 9.07. The Morgan fingerprint density at radius 2 is 1.82 bits per heavy atom. The number of aliphatic imine (C=N–C) groups is 2. The summed E-state index contributed by atoms with van der Waals surface area (Å²) < 4.78 is 29.1. The normalized spacial score (nSPS) is 13.4. The minimum Gasteiger partial charge on any atom is -0.478 e. The summed E-state index contributed by atoms with van der Waals surface area (Å²) in [7, 11) is 0. The molecule has 0 bridgehead atoms. The van der Waals surface area contributed by atoms with Gasteiger partial charge in [0.05, 0.1) is 23.4 Å². The van der Waals surface area contributed by atoms with Crippen molar-refractivity contribution < 1.29 is 18.7 Å². The maximum absolute atomic E-state index is 14.6. The van der Waals surface area contributed by atoms with E-state index in [9.17, 15) is 13.6 Å². The number of fused-ring (bicyclic) bond motifs is 1. The first-order chi connectivity index (χ1) is 16.3. The number of nitrogens with one attached hydrogen (secondary N) is 1. The first kappa shape index (κ1) is 23.1. The lowest BCUT2D eigenvalue weighted by Gasteiger charge is -2.13. The smallest absolute Gasteiger partial charge is 0.335 e. The highest BCUT2D eigenvalue weighted by atomic mass is 35.5. The monoisotopic (exact) mass is 480 g/mol. The number of carboxylic acids is 1. The van der Waals surface area contributed by atoms with Gasteiger partial charge in [-0.25, -0.2) is 13.6 Å². The highest BCUT2D eigenvalue weighted by molar-refractivity contribution is 6.31. The Labute approximate surface area is 199 Å². The van der Waals surface area contributed by atoms with E-state index >= 15 is 0 Å². The first-order valence-corrected chi connectivity index (χ1v) is 10.6. The summed E-state index contributed by atoms with van der Waals surface area (Å²) >= 11 is 6.17. The molecule has 6 nitrogen and oxygen atoms in total. The highest BCUT2D eigenvalue weighted by Crippen LogP contribution is 2.29. The molecule has 9 heteroatoms. The molecule has 3 aromatic carbocycles. The van der Waals surface area contributed by atoms with Crippen LogP contribution in [0.25, 0.3) is 5.70 Å². The summed E-state index contributed by atoms with van der Waals surface area (Å²) in [5.74, 6) is -2.48. The molecule has 1 aliphatic heterocycles. The number of anilines is 1. The van der Waals surface area contributed by atoms with Crippen molar-refractivity contribution in [3.05, 3.63) is 105 Å². The van der Waals surface area contributed by atoms with Crippen molar-refractivity contribution in [3.8, 4) is 0 Å². The molecule has 0 saturated heterocycles. The van der Waals surface area contributed by atoms with Crippen LogP contribution in [-0.4, -0.2) is 36.2 Å². The van der Waals surface area contributed by atoms with Crippen molar-refractivity contribution in [2.45, 2.75) is 0 Å². The van der Waals surface area contributed by atoms with Crippen LogP contribution >= 0.6 is 11.6 Å². The van der Waals surface area contributed by atoms with Crippen molar-refractivity contribution in [1.82, 2.24) is 0 Å². The number of carbonyl (C=O) groups is 1. The number of carboxylic acid groups (broad SMARTS) is 1. The average molecular weight is 481 g/mol. The van der Waals surface area contributed by atoms with Gasteiger partial charge in [-0.15, -0.1) is 0 Å². The van der Waals surface area contributed by atoms with Gasteiger partial charge in [0, 0.05) is 39.3 Å². The maximum Gasteiger partial charge on any atom is 0.335 e. The van der Waals surface area contributed by atoms with Gasteiger partial charge in [-0.3, -0.25) is 9.98 Å². The third kappa shape index (κ3) is 4.82. The lowest BCUT2D eigenvalue weighted by Crippen LogP contribution is -2.12. The molecule has 0 fully saturated rings. The zero-order chi connectivity index (χ0) is 24.2. The molecular weight excluding hydrogens is 462 g/mol. The molecule has 0 atom stereocenters. The SMILES string of the molecule is NC1=C(/C=N\CNc2ccc(C(=O)O)cc2)CN=C(c2c(F)cccc2F)c2cc(Cl)ccc21. The second-order valence-electron chi connectivity index (χ2n) is 7.42. The van der Waals surface area contributed by atoms with E-state index in [1.54, 1.807) is 36.5 Å². The Morgan fingerprint density at radius 1 is 1.12 bits per heavy atom. The first-order valence-electron chi connectivity index (χ1n) is 10.2. The molecule has 0 unspecified atom stereocenters. The van der Waals surface area contributed by atoms with E-state index in [1.807, 2.05) is 0 Å². The fourth-order valence-electron chi connectivity index (χ4n) is 3.53. The topological polar surface area (TPSA) is 100 Å². The second kappa shape index (κ2) is 9.84. The zero-order valence-corrected chi connectivity index (χ0v) is 18.5. The van der Waals surface area contributed by atoms with E-state index < -0.39 is 17.6 Å². The number of nitrogens with zero attached hydrogens (tertiary/aromatic N) is 2. The molecule has 172 valence electrons. The van der Waals surface area contributed by atoms with Gasteiger partial charge in [-0.2, -0.15) is 0 Å². The van der Waals surface area contributed by atoms with Crippen LogP contribution in [-0.2, 0) is 0 Å². The second-order valence-corrected chi connectivity index (χ2v) is 7.86. The van der Waals surface area contributed by atoms with E-state index in [4.69, 9.17) is 22.4 Å². The molecule has 0 aliphatic carbocycles. The van der Waals surface area contributed by atoms with Crippen molar-refractivity contribution in [1.29, 1.82) is 0 Å². The van der Waals surface area contributed by atoms with Crippen molar-refractivity contribution in [2.24, 2.45) is 15.7 Å². The van der Waals surface area contributed by atoms with Crippen LogP contribution in [0.15, 0.2) is 76.2 Å². The highest BCUT2D eigenvalue weighted by Gasteiger charge is 2.23. The van der Waals surface area contributed by atoms with E-state index in [1.165, 1.54) is 30.3 Å². The fraction of sp³-hybridized carbons (Fsp3) is 0.0800. The third-order valence-electron chi connectivity index (χ3n) is 5.23. The van der Waals surface area contributed by atoms with Gasteiger partial charge in [-0.05, 0) is 48.5 Å². The number of hydrogen-bond acceptors (Lipinski definition) is 5. The quantitative estimate of drug-likeness (QED) is 0.433. The van der Waals surface area contributed by atoms with Crippen LogP contribution in [0.5, 0.6) is 0 Å². The fourth-order valence-corrected chi connectivity index (χ4v) is 3.70. The number of halogens is 3. The van der Waals surface area contributed by atoms with Crippen molar-refractivity contribution in [2.75, 3.05) is 18.5 Å². The number of rotatable bonds is 6. The predicted molar refractivity (Wildman–Crippen MR) is 130 cm³/mol. The van der Waals surface area contributed by atoms with Gasteiger partial charge in [0.2, 0.25) is 0 Å². The maximum atomic E-state index is 14.6. The minimum absolute atomic E-state index is 0.0536. The van der Waals surface area contributed by atoms with E-state index in [-0.39, 0.29) is 30.1 Å². The van der Waals surface area contributed by atoms with Gasteiger partial charge in [0.1, 0.15) is 18.3 Å². The summed E-state index contributed by atoms with van der Waals surface area (Å²) in [4.78, 5) is 19.7. The van der Waals surface area contributed by atoms with Crippen molar-refractivity contribution >= 4 is 40.9 Å². The summed E-state index contributed by atoms with van der Waals surface area (Å²) in [6.45, 7) is 0.243. The molecular formula is C25H19ClF2N4O2. The molecule has 0 spiro atoms. The van der Waals surface area contributed by atoms with Crippen LogP contribution in [0.4, 0.5) is 14.5 Å². The molecule has 34 heavy (non-hydrogen) atoms. The Balaban J connectivity index is 1.61. The van der Waals surface area contributed by atoms with Crippen LogP contribution in [0.1, 0.15) is 27.0 Å². The van der Waals surface area contributed by atoms with Crippen LogP contribution in [0.2, 0.25) is 5.02 Å². The molecule has 0 aromatic heterocycles. The number of benzene rings is 3. The summed E-state index contributed by atoms with van der Waals surface area (Å²) in [6.07, 6.45) is 1.55. The number of aromatic carboxylic acids is 1. The molecule has 4 N–H and O–H groups in total. The minimum atomic E-state index is -1.00. The molecule has 0 amide bonds. The van der Waals surface area contributed by atoms with Crippen LogP contribution in [0, 0.1) is 11.6 Å². The molecule has 0 radical (unpaired) electrons. The van der Waals surface area contributed by atoms with Crippen LogP contribution < -0.4 is 11.1 Å². The van der Waals surface area contributed by atoms with Crippen LogP contribution in [0.3, 0.4) is 0 Å². The lowest BCUT2D eigenvalue weighted by atomic mass is 9.95. The molecule has 3 aromatic rings. The Kier molecular flexibility index (Phi) is 6.70. The molecule has 1 heterocycles. The Bertz CT molecular complexity index is 1330. The van der Waals surface area contributed by atoms with Crippen molar-refractivity contribution in [3.63, 3.8) is 0 Å². The lowest BCUT2D eigenvalue weighted by molar-refractivity contribution is 0.0697. The van der Waals surface area contributed by atoms with E-state index in [0.717, 1.165) is 0 Å². The van der Waals surface area contributed by atoms with Gasteiger partial charge in [-0.1, -0.05) is 23.7 Å². The summed E-state index contributed by atoms with van der Waals surface area (Å²) in [5, 5.41) is 12.4. The predicted octanol–water partition coefficient (Wildman–Crippen LogP) is 4.98. The molecule has 1 aliphatic rings. The average Bonchev–Trinajstić information content (AvgIpc) is 2.94. The third-order valence-corrected chi connectivity index (χ3v) is 5.47. The molecule has 0 saturated carbocycles. The molecule has 4 rings (SSSR count). The standard InChI is InChI=1S/C25H19ClF2N4O2/c26-16-6-9-18-19(10-16)24(22-20(27)2-1-3-21(22)28)31-12-15(23(18)29)11-30-13-32-17-7-4-14(5-8-17)25(33)34/h1-11,32H,12-13,29H2,(H,33,34)/b30-11-. The summed E-state index contributed by atoms with van der Waals surface area (Å²) in [6, 6.07) is 14.8. The largest absolute Gasteiger partial charge is 0.478 e. The van der Waals surface area contributed by atoms with Gasteiger partial charge < -0.3 is 16.2 Å². The number of nitrogens with two attached hydrogens (primary N) is 1. The number of hydrogen-bond donors (Lipinski definition) is 3. The zero-order valence-electron chi connectivity index (χ0n) is 17.7. The van der Waals surface area contributed by atoms with Gasteiger partial charge in [0.25, 0.3) is 0 Å². The van der Waals surface area contributed by atoms with Gasteiger partial charge >= 0.3 is 5.97 Å². The Morgan fingerprint density at radius 3 is 2.50 bits per heavy atom.